The number of nitrogens with one attached hydrogen (secondary N) is 1. The minimum atomic E-state index is -0.511. The highest BCUT2D eigenvalue weighted by atomic mass is 16.6. The van der Waals surface area contributed by atoms with Crippen LogP contribution in [-0.2, 0) is 9.63 Å². The Kier molecular flexibility index (Phi) is 4.61. The first kappa shape index (κ1) is 14.9. The molecule has 3 rings (SSSR count). The molecule has 0 bridgehead atoms. The number of rotatable bonds is 4. The maximum Gasteiger partial charge on any atom is 0.264 e. The second-order valence-corrected chi connectivity index (χ2v) is 5.91. The molecule has 0 spiro atoms. The molecular weight excluding hydrogens is 280 g/mol. The van der Waals surface area contributed by atoms with Gasteiger partial charge in [0.2, 0.25) is 6.10 Å². The lowest BCUT2D eigenvalue weighted by Crippen LogP contribution is -2.42. The number of hydrogen-bond donors (Lipinski definition) is 1. The van der Waals surface area contributed by atoms with E-state index in [0.717, 1.165) is 29.9 Å². The van der Waals surface area contributed by atoms with Gasteiger partial charge in [0.25, 0.3) is 5.91 Å². The number of hydrogen-bond acceptors (Lipinski definition) is 4. The second-order valence-electron chi connectivity index (χ2n) is 5.91. The predicted octanol–water partition coefficient (Wildman–Crippen LogP) is 2.64. The van der Waals surface area contributed by atoms with E-state index in [9.17, 15) is 4.79 Å². The Labute approximate surface area is 130 Å². The van der Waals surface area contributed by atoms with E-state index in [2.05, 4.69) is 10.5 Å². The van der Waals surface area contributed by atoms with E-state index < -0.39 is 6.10 Å². The van der Waals surface area contributed by atoms with Crippen LogP contribution in [0.2, 0.25) is 0 Å². The molecule has 118 valence electrons. The van der Waals surface area contributed by atoms with Crippen LogP contribution < -0.4 is 10.1 Å². The van der Waals surface area contributed by atoms with Gasteiger partial charge in [-0.25, -0.2) is 0 Å². The fraction of sp³-hybridized carbons (Fsp3) is 0.529. The van der Waals surface area contributed by atoms with Gasteiger partial charge >= 0.3 is 0 Å². The molecule has 1 aromatic carbocycles. The normalized spacial score (nSPS) is 21.9. The molecule has 5 heteroatoms. The van der Waals surface area contributed by atoms with E-state index in [1.807, 2.05) is 24.3 Å². The van der Waals surface area contributed by atoms with Crippen molar-refractivity contribution in [2.24, 2.45) is 5.16 Å². The summed E-state index contributed by atoms with van der Waals surface area (Å²) in [4.78, 5) is 17.6. The summed E-state index contributed by atoms with van der Waals surface area (Å²) in [5, 5.41) is 7.17. The van der Waals surface area contributed by atoms with Crippen molar-refractivity contribution >= 4 is 11.6 Å². The molecule has 1 amide bonds. The zero-order valence-electron chi connectivity index (χ0n) is 12.9. The third-order valence-corrected chi connectivity index (χ3v) is 4.32. The Morgan fingerprint density at radius 3 is 2.91 bits per heavy atom. The number of amides is 1. The highest BCUT2D eigenvalue weighted by molar-refractivity contribution is 6.04. The van der Waals surface area contributed by atoms with Crippen LogP contribution in [0.25, 0.3) is 0 Å². The summed E-state index contributed by atoms with van der Waals surface area (Å²) in [6.45, 7) is 0. The molecule has 0 aromatic heterocycles. The fourth-order valence-corrected chi connectivity index (χ4v) is 3.03. The fourth-order valence-electron chi connectivity index (χ4n) is 3.03. The average Bonchev–Trinajstić information content (AvgIpc) is 3.06. The standard InChI is InChI=1S/C17H22N2O3/c1-21-14-9-5-6-12(10-14)15-11-16(22-19-15)17(20)18-13-7-3-2-4-8-13/h5-6,9-10,13,16H,2-4,7-8,11H2,1H3,(H,18,20)/t16-/m1/s1. The molecule has 22 heavy (non-hydrogen) atoms. The Morgan fingerprint density at radius 1 is 1.32 bits per heavy atom. The molecule has 1 heterocycles. The van der Waals surface area contributed by atoms with Gasteiger partial charge in [-0.1, -0.05) is 36.6 Å². The van der Waals surface area contributed by atoms with Crippen LogP contribution in [0.1, 0.15) is 44.1 Å². The van der Waals surface area contributed by atoms with Crippen LogP contribution in [0.3, 0.4) is 0 Å². The average molecular weight is 302 g/mol. The lowest BCUT2D eigenvalue weighted by Gasteiger charge is -2.23. The highest BCUT2D eigenvalue weighted by Gasteiger charge is 2.30. The van der Waals surface area contributed by atoms with E-state index >= 15 is 0 Å². The summed E-state index contributed by atoms with van der Waals surface area (Å²) >= 11 is 0. The van der Waals surface area contributed by atoms with E-state index in [4.69, 9.17) is 9.57 Å². The Hall–Kier alpha value is -2.04. The van der Waals surface area contributed by atoms with Crippen molar-refractivity contribution < 1.29 is 14.4 Å². The quantitative estimate of drug-likeness (QED) is 0.930. The minimum absolute atomic E-state index is 0.0476. The van der Waals surface area contributed by atoms with E-state index in [-0.39, 0.29) is 5.91 Å². The third-order valence-electron chi connectivity index (χ3n) is 4.32. The van der Waals surface area contributed by atoms with Crippen LogP contribution >= 0.6 is 0 Å². The van der Waals surface area contributed by atoms with Gasteiger partial charge in [-0.15, -0.1) is 0 Å². The van der Waals surface area contributed by atoms with Crippen LogP contribution in [-0.4, -0.2) is 30.9 Å². The van der Waals surface area contributed by atoms with Crippen LogP contribution in [0.4, 0.5) is 0 Å². The van der Waals surface area contributed by atoms with Gasteiger partial charge in [0.1, 0.15) is 5.75 Å². The van der Waals surface area contributed by atoms with Crippen molar-refractivity contribution in [3.63, 3.8) is 0 Å². The number of benzene rings is 1. The molecule has 1 aromatic rings. The van der Waals surface area contributed by atoms with Gasteiger partial charge in [0.05, 0.1) is 12.8 Å². The summed E-state index contributed by atoms with van der Waals surface area (Å²) in [6, 6.07) is 7.94. The molecule has 0 unspecified atom stereocenters. The topological polar surface area (TPSA) is 59.9 Å². The molecule has 2 aliphatic rings. The zero-order valence-corrected chi connectivity index (χ0v) is 12.9. The summed E-state index contributed by atoms with van der Waals surface area (Å²) in [6.07, 6.45) is 5.80. The third kappa shape index (κ3) is 3.40. The Morgan fingerprint density at radius 2 is 2.14 bits per heavy atom. The Balaban J connectivity index is 1.57. The SMILES string of the molecule is COc1cccc(C2=NO[C@@H](C(=O)NC3CCCCC3)C2)c1. The number of carbonyl (C=O) groups is 1. The van der Waals surface area contributed by atoms with E-state index in [0.29, 0.717) is 12.5 Å². The molecule has 1 saturated carbocycles. The maximum absolute atomic E-state index is 12.3. The van der Waals surface area contributed by atoms with Crippen molar-refractivity contribution in [2.75, 3.05) is 7.11 Å². The molecule has 0 saturated heterocycles. The molecule has 1 atom stereocenters. The lowest BCUT2D eigenvalue weighted by molar-refractivity contribution is -0.132. The molecule has 1 N–H and O–H groups in total. The molecule has 5 nitrogen and oxygen atoms in total. The van der Waals surface area contributed by atoms with Gasteiger partial charge in [0, 0.05) is 18.0 Å². The minimum Gasteiger partial charge on any atom is -0.497 e. The van der Waals surface area contributed by atoms with E-state index in [1.165, 1.54) is 19.3 Å². The van der Waals surface area contributed by atoms with Crippen molar-refractivity contribution in [3.05, 3.63) is 29.8 Å². The van der Waals surface area contributed by atoms with Crippen molar-refractivity contribution in [3.8, 4) is 5.75 Å². The second kappa shape index (κ2) is 6.81. The first-order valence-corrected chi connectivity index (χ1v) is 7.94. The van der Waals surface area contributed by atoms with Crippen LogP contribution in [0.5, 0.6) is 5.75 Å². The number of oxime groups is 1. The molecule has 0 radical (unpaired) electrons. The van der Waals surface area contributed by atoms with Gasteiger partial charge < -0.3 is 14.9 Å². The van der Waals surface area contributed by atoms with Crippen LogP contribution in [0, 0.1) is 0 Å². The largest absolute Gasteiger partial charge is 0.497 e. The number of nitrogens with zero attached hydrogens (tertiary/aromatic N) is 1. The van der Waals surface area contributed by atoms with E-state index in [1.54, 1.807) is 7.11 Å². The maximum atomic E-state index is 12.3. The van der Waals surface area contributed by atoms with Gasteiger partial charge in [-0.3, -0.25) is 4.79 Å². The zero-order chi connectivity index (χ0) is 15.4. The summed E-state index contributed by atoms with van der Waals surface area (Å²) in [7, 11) is 1.63. The van der Waals surface area contributed by atoms with Crippen molar-refractivity contribution in [1.29, 1.82) is 0 Å². The first-order valence-electron chi connectivity index (χ1n) is 7.94. The molecule has 1 aliphatic carbocycles. The highest BCUT2D eigenvalue weighted by Crippen LogP contribution is 2.22. The lowest BCUT2D eigenvalue weighted by atomic mass is 9.95. The number of methoxy groups -OCH3 is 1. The smallest absolute Gasteiger partial charge is 0.264 e. The first-order chi connectivity index (χ1) is 10.8. The summed E-state index contributed by atoms with van der Waals surface area (Å²) in [5.74, 6) is 0.726. The van der Waals surface area contributed by atoms with Crippen molar-refractivity contribution in [2.45, 2.75) is 50.7 Å². The summed E-state index contributed by atoms with van der Waals surface area (Å²) in [5.41, 5.74) is 1.73. The van der Waals surface area contributed by atoms with Crippen LogP contribution in [0.15, 0.2) is 29.4 Å². The molecule has 1 aliphatic heterocycles. The molecule has 1 fully saturated rings. The number of carbonyl (C=O) groups excluding carboxylic acids is 1. The predicted molar refractivity (Wildman–Crippen MR) is 84.0 cm³/mol. The molecular formula is C17H22N2O3. The number of ether oxygens (including phenoxy) is 1. The summed E-state index contributed by atoms with van der Waals surface area (Å²) < 4.78 is 5.21. The van der Waals surface area contributed by atoms with Crippen molar-refractivity contribution in [1.82, 2.24) is 5.32 Å². The monoisotopic (exact) mass is 302 g/mol. The van der Waals surface area contributed by atoms with Gasteiger partial charge in [-0.2, -0.15) is 0 Å². The Bertz CT molecular complexity index is 565. The van der Waals surface area contributed by atoms with Gasteiger partial charge in [0.15, 0.2) is 0 Å². The van der Waals surface area contributed by atoms with Gasteiger partial charge in [-0.05, 0) is 25.0 Å².